The Balaban J connectivity index is 3.32. The summed E-state index contributed by atoms with van der Waals surface area (Å²) in [5.41, 5.74) is 6.28. The minimum atomic E-state index is -1.87. The van der Waals surface area contributed by atoms with Crippen LogP contribution in [0.2, 0.25) is 16.6 Å². The van der Waals surface area contributed by atoms with Gasteiger partial charge in [-0.3, -0.25) is 4.79 Å². The SMILES string of the molecule is CC(=O)N[C@@H](C#C[Si](C(C)C)(C(C)C)C(C)C)[C@@H](C)c1ccc(F)cc1. The van der Waals surface area contributed by atoms with Crippen LogP contribution in [-0.4, -0.2) is 20.0 Å². The van der Waals surface area contributed by atoms with Gasteiger partial charge in [0.2, 0.25) is 5.91 Å². The maximum atomic E-state index is 13.2. The third-order valence-corrected chi connectivity index (χ3v) is 11.9. The van der Waals surface area contributed by atoms with Crippen molar-refractivity contribution < 1.29 is 9.18 Å². The highest BCUT2D eigenvalue weighted by Crippen LogP contribution is 2.40. The van der Waals surface area contributed by atoms with E-state index >= 15 is 0 Å². The van der Waals surface area contributed by atoms with E-state index in [0.717, 1.165) is 5.56 Å². The lowest BCUT2D eigenvalue weighted by atomic mass is 9.93. The summed E-state index contributed by atoms with van der Waals surface area (Å²) in [6.45, 7) is 17.2. The number of amides is 1. The second kappa shape index (κ2) is 9.37. The molecule has 0 spiro atoms. The lowest BCUT2D eigenvalue weighted by molar-refractivity contribution is -0.119. The third-order valence-electron chi connectivity index (χ3n) is 5.56. The smallest absolute Gasteiger partial charge is 0.217 e. The summed E-state index contributed by atoms with van der Waals surface area (Å²) < 4.78 is 13.2. The van der Waals surface area contributed by atoms with E-state index in [1.165, 1.54) is 19.1 Å². The van der Waals surface area contributed by atoms with E-state index in [9.17, 15) is 9.18 Å². The maximum absolute atomic E-state index is 13.2. The minimum absolute atomic E-state index is 0.00909. The van der Waals surface area contributed by atoms with Gasteiger partial charge in [-0.15, -0.1) is 5.54 Å². The van der Waals surface area contributed by atoms with Crippen molar-refractivity contribution in [3.05, 3.63) is 35.6 Å². The molecule has 2 atom stereocenters. The van der Waals surface area contributed by atoms with E-state index in [2.05, 4.69) is 58.3 Å². The van der Waals surface area contributed by atoms with E-state index in [1.54, 1.807) is 12.1 Å². The number of halogens is 1. The van der Waals surface area contributed by atoms with E-state index in [4.69, 9.17) is 0 Å². The molecule has 0 fully saturated rings. The van der Waals surface area contributed by atoms with Crippen LogP contribution in [0, 0.1) is 17.3 Å². The van der Waals surface area contributed by atoms with Gasteiger partial charge in [0, 0.05) is 12.8 Å². The van der Waals surface area contributed by atoms with Gasteiger partial charge in [-0.1, -0.05) is 66.5 Å². The van der Waals surface area contributed by atoms with Crippen molar-refractivity contribution in [2.45, 2.75) is 84.0 Å². The van der Waals surface area contributed by atoms with Crippen molar-refractivity contribution in [1.82, 2.24) is 5.32 Å². The first-order chi connectivity index (χ1) is 12.0. The molecule has 0 heterocycles. The normalized spacial score (nSPS) is 14.2. The van der Waals surface area contributed by atoms with Crippen LogP contribution in [0.4, 0.5) is 4.39 Å². The molecule has 0 saturated carbocycles. The molecule has 0 aliphatic rings. The number of carbonyl (C=O) groups is 1. The van der Waals surface area contributed by atoms with Crippen molar-refractivity contribution >= 4 is 14.0 Å². The fourth-order valence-corrected chi connectivity index (χ4v) is 9.37. The molecule has 144 valence electrons. The zero-order valence-corrected chi connectivity index (χ0v) is 18.5. The molecule has 0 unspecified atom stereocenters. The number of carbonyl (C=O) groups excluding carboxylic acids is 1. The Morgan fingerprint density at radius 2 is 1.42 bits per heavy atom. The zero-order valence-electron chi connectivity index (χ0n) is 17.5. The summed E-state index contributed by atoms with van der Waals surface area (Å²) >= 11 is 0. The molecule has 1 aromatic carbocycles. The fraction of sp³-hybridized carbons (Fsp3) is 0.591. The number of hydrogen-bond acceptors (Lipinski definition) is 1. The molecule has 0 saturated heterocycles. The second-order valence-electron chi connectivity index (χ2n) is 8.18. The zero-order chi connectivity index (χ0) is 20.1. The number of hydrogen-bond donors (Lipinski definition) is 1. The highest BCUT2D eigenvalue weighted by molar-refractivity contribution is 6.90. The van der Waals surface area contributed by atoms with Gasteiger partial charge < -0.3 is 5.32 Å². The Bertz CT molecular complexity index is 633. The molecule has 0 aliphatic heterocycles. The van der Waals surface area contributed by atoms with E-state index in [-0.39, 0.29) is 23.7 Å². The number of nitrogens with one attached hydrogen (secondary N) is 1. The summed E-state index contributed by atoms with van der Waals surface area (Å²) in [6, 6.07) is 6.18. The Morgan fingerprint density at radius 1 is 0.962 bits per heavy atom. The first-order valence-electron chi connectivity index (χ1n) is 9.57. The summed E-state index contributed by atoms with van der Waals surface area (Å²) in [6.07, 6.45) is 0. The average Bonchev–Trinajstić information content (AvgIpc) is 2.53. The minimum Gasteiger partial charge on any atom is -0.342 e. The standard InChI is InChI=1S/C22H34FNOSi/c1-15(2)26(16(3)4,17(5)6)14-13-22(24-19(8)25)18(7)20-9-11-21(23)12-10-20/h9-12,15-18,22H,1-8H3,(H,24,25)/t18-,22-/m0/s1. The summed E-state index contributed by atoms with van der Waals surface area (Å²) in [5, 5.41) is 3.00. The van der Waals surface area contributed by atoms with Crippen molar-refractivity contribution in [1.29, 1.82) is 0 Å². The van der Waals surface area contributed by atoms with Gasteiger partial charge in [-0.25, -0.2) is 4.39 Å². The van der Waals surface area contributed by atoms with Gasteiger partial charge in [0.1, 0.15) is 13.9 Å². The van der Waals surface area contributed by atoms with E-state index < -0.39 is 8.07 Å². The van der Waals surface area contributed by atoms with Crippen LogP contribution in [-0.2, 0) is 4.79 Å². The monoisotopic (exact) mass is 375 g/mol. The molecule has 4 heteroatoms. The first-order valence-corrected chi connectivity index (χ1v) is 11.8. The van der Waals surface area contributed by atoms with E-state index in [1.807, 2.05) is 6.92 Å². The van der Waals surface area contributed by atoms with Crippen LogP contribution in [0.5, 0.6) is 0 Å². The lowest BCUT2D eigenvalue weighted by Gasteiger charge is -2.38. The van der Waals surface area contributed by atoms with Crippen molar-refractivity contribution in [3.63, 3.8) is 0 Å². The summed E-state index contributed by atoms with van der Waals surface area (Å²) in [7, 11) is -1.87. The van der Waals surface area contributed by atoms with Crippen LogP contribution in [0.1, 0.15) is 66.9 Å². The highest BCUT2D eigenvalue weighted by Gasteiger charge is 2.41. The van der Waals surface area contributed by atoms with Gasteiger partial charge >= 0.3 is 0 Å². The Labute approximate surface area is 160 Å². The molecule has 1 N–H and O–H groups in total. The van der Waals surface area contributed by atoms with Crippen molar-refractivity contribution in [2.24, 2.45) is 0 Å². The average molecular weight is 376 g/mol. The van der Waals surface area contributed by atoms with Gasteiger partial charge in [-0.05, 0) is 34.3 Å². The van der Waals surface area contributed by atoms with Crippen LogP contribution in [0.15, 0.2) is 24.3 Å². The van der Waals surface area contributed by atoms with Crippen molar-refractivity contribution in [2.75, 3.05) is 0 Å². The first kappa shape index (κ1) is 22.4. The number of benzene rings is 1. The lowest BCUT2D eigenvalue weighted by Crippen LogP contribution is -2.44. The molecule has 1 rings (SSSR count). The molecule has 0 bridgehead atoms. The quantitative estimate of drug-likeness (QED) is 0.505. The molecule has 26 heavy (non-hydrogen) atoms. The summed E-state index contributed by atoms with van der Waals surface area (Å²) in [4.78, 5) is 11.7. The molecule has 2 nitrogen and oxygen atoms in total. The predicted octanol–water partition coefficient (Wildman–Crippen LogP) is 5.66. The van der Waals surface area contributed by atoms with Crippen LogP contribution in [0.25, 0.3) is 0 Å². The van der Waals surface area contributed by atoms with Gasteiger partial charge in [0.15, 0.2) is 0 Å². The largest absolute Gasteiger partial charge is 0.342 e. The maximum Gasteiger partial charge on any atom is 0.217 e. The van der Waals surface area contributed by atoms with Crippen LogP contribution >= 0.6 is 0 Å². The van der Waals surface area contributed by atoms with Crippen molar-refractivity contribution in [3.8, 4) is 11.5 Å². The van der Waals surface area contributed by atoms with E-state index in [0.29, 0.717) is 16.6 Å². The molecular formula is C22H34FNOSi. The molecule has 0 radical (unpaired) electrons. The highest BCUT2D eigenvalue weighted by atomic mass is 28.3. The molecule has 1 aromatic rings. The fourth-order valence-electron chi connectivity index (χ4n) is 4.10. The Hall–Kier alpha value is -1.60. The Kier molecular flexibility index (Phi) is 8.08. The Morgan fingerprint density at radius 3 is 1.81 bits per heavy atom. The second-order valence-corrected chi connectivity index (χ2v) is 13.8. The molecule has 0 aliphatic carbocycles. The molecular weight excluding hydrogens is 341 g/mol. The van der Waals surface area contributed by atoms with Gasteiger partial charge in [-0.2, -0.15) is 0 Å². The topological polar surface area (TPSA) is 29.1 Å². The van der Waals surface area contributed by atoms with Gasteiger partial charge in [0.05, 0.1) is 6.04 Å². The molecule has 1 amide bonds. The third kappa shape index (κ3) is 5.20. The van der Waals surface area contributed by atoms with Crippen LogP contribution < -0.4 is 5.32 Å². The number of rotatable bonds is 6. The predicted molar refractivity (Wildman–Crippen MR) is 111 cm³/mol. The van der Waals surface area contributed by atoms with Gasteiger partial charge in [0.25, 0.3) is 0 Å². The molecule has 0 aromatic heterocycles. The van der Waals surface area contributed by atoms with Crippen LogP contribution in [0.3, 0.4) is 0 Å². The summed E-state index contributed by atoms with van der Waals surface area (Å²) in [5.74, 6) is 3.08.